The van der Waals surface area contributed by atoms with Crippen molar-refractivity contribution >= 4 is 0 Å². The van der Waals surface area contributed by atoms with Gasteiger partial charge >= 0.3 is 0 Å². The molecule has 0 saturated heterocycles. The topological polar surface area (TPSA) is 20.2 Å². The molecule has 1 rings (SSSR count). The van der Waals surface area contributed by atoms with Crippen LogP contribution in [-0.4, -0.2) is 11.7 Å². The summed E-state index contributed by atoms with van der Waals surface area (Å²) in [5.41, 5.74) is 0.362. The second-order valence-corrected chi connectivity index (χ2v) is 4.30. The second kappa shape index (κ2) is 4.08. The zero-order valence-corrected chi connectivity index (χ0v) is 8.21. The molecule has 1 fully saturated rings. The van der Waals surface area contributed by atoms with Crippen molar-refractivity contribution in [1.29, 1.82) is 0 Å². The summed E-state index contributed by atoms with van der Waals surface area (Å²) in [4.78, 5) is 0. The van der Waals surface area contributed by atoms with Crippen LogP contribution in [0.15, 0.2) is 12.2 Å². The molecular formula is C11H20O. The van der Waals surface area contributed by atoms with E-state index in [0.29, 0.717) is 17.9 Å². The normalized spacial score (nSPS) is 37.4. The van der Waals surface area contributed by atoms with Gasteiger partial charge < -0.3 is 5.11 Å². The molecule has 1 aliphatic carbocycles. The van der Waals surface area contributed by atoms with E-state index in [1.165, 1.54) is 19.3 Å². The summed E-state index contributed by atoms with van der Waals surface area (Å²) in [5.74, 6) is 0.542. The molecular weight excluding hydrogens is 148 g/mol. The highest BCUT2D eigenvalue weighted by molar-refractivity contribution is 4.98. The molecule has 1 heteroatoms. The Morgan fingerprint density at radius 2 is 2.33 bits per heavy atom. The predicted octanol–water partition coefficient (Wildman–Crippen LogP) is 2.75. The summed E-state index contributed by atoms with van der Waals surface area (Å²) in [6.45, 7) is 4.75. The van der Waals surface area contributed by atoms with Gasteiger partial charge in [0.1, 0.15) is 0 Å². The molecule has 0 aromatic heterocycles. The van der Waals surface area contributed by atoms with Gasteiger partial charge in [-0.2, -0.15) is 0 Å². The summed E-state index contributed by atoms with van der Waals surface area (Å²) >= 11 is 0. The Morgan fingerprint density at radius 3 is 2.92 bits per heavy atom. The van der Waals surface area contributed by atoms with Crippen LogP contribution in [0.4, 0.5) is 0 Å². The van der Waals surface area contributed by atoms with Crippen LogP contribution in [-0.2, 0) is 0 Å². The summed E-state index contributed by atoms with van der Waals surface area (Å²) in [5, 5.41) is 9.07. The van der Waals surface area contributed by atoms with Gasteiger partial charge in [0.25, 0.3) is 0 Å². The van der Waals surface area contributed by atoms with E-state index in [1.807, 2.05) is 0 Å². The van der Waals surface area contributed by atoms with Gasteiger partial charge in [0.15, 0.2) is 0 Å². The standard InChI is InChI=1S/C11H20O/c1-3-6-11(2)7-4-5-10(8-11)9-12/h3,6,10,12H,4-5,7-9H2,1-2H3/b6-3-. The third kappa shape index (κ3) is 2.34. The lowest BCUT2D eigenvalue weighted by Gasteiger charge is -2.35. The number of allylic oxidation sites excluding steroid dienone is 2. The Hall–Kier alpha value is -0.300. The maximum atomic E-state index is 9.07. The van der Waals surface area contributed by atoms with Crippen molar-refractivity contribution in [3.05, 3.63) is 12.2 Å². The molecule has 0 aromatic rings. The smallest absolute Gasteiger partial charge is 0.0459 e. The Balaban J connectivity index is 2.54. The van der Waals surface area contributed by atoms with Crippen molar-refractivity contribution in [1.82, 2.24) is 0 Å². The Morgan fingerprint density at radius 1 is 1.58 bits per heavy atom. The molecule has 0 spiro atoms. The lowest BCUT2D eigenvalue weighted by molar-refractivity contribution is 0.135. The summed E-state index contributed by atoms with van der Waals surface area (Å²) < 4.78 is 0. The molecule has 2 atom stereocenters. The average molecular weight is 168 g/mol. The fraction of sp³-hybridized carbons (Fsp3) is 0.818. The fourth-order valence-electron chi connectivity index (χ4n) is 2.37. The highest BCUT2D eigenvalue weighted by Crippen LogP contribution is 2.39. The van der Waals surface area contributed by atoms with Crippen molar-refractivity contribution in [2.24, 2.45) is 11.3 Å². The minimum Gasteiger partial charge on any atom is -0.396 e. The van der Waals surface area contributed by atoms with Gasteiger partial charge in [-0.15, -0.1) is 0 Å². The van der Waals surface area contributed by atoms with E-state index in [9.17, 15) is 0 Å². The van der Waals surface area contributed by atoms with Gasteiger partial charge in [-0.25, -0.2) is 0 Å². The monoisotopic (exact) mass is 168 g/mol. The van der Waals surface area contributed by atoms with E-state index in [2.05, 4.69) is 26.0 Å². The summed E-state index contributed by atoms with van der Waals surface area (Å²) in [6.07, 6.45) is 9.37. The first-order chi connectivity index (χ1) is 5.70. The first-order valence-corrected chi connectivity index (χ1v) is 4.95. The van der Waals surface area contributed by atoms with Gasteiger partial charge in [-0.05, 0) is 37.5 Å². The van der Waals surface area contributed by atoms with Crippen molar-refractivity contribution in [2.45, 2.75) is 39.5 Å². The average Bonchev–Trinajstić information content (AvgIpc) is 2.04. The van der Waals surface area contributed by atoms with Gasteiger partial charge in [-0.1, -0.05) is 25.5 Å². The van der Waals surface area contributed by atoms with E-state index < -0.39 is 0 Å². The maximum absolute atomic E-state index is 9.07. The number of hydrogen-bond donors (Lipinski definition) is 1. The van der Waals surface area contributed by atoms with Crippen molar-refractivity contribution in [3.63, 3.8) is 0 Å². The van der Waals surface area contributed by atoms with Crippen LogP contribution in [0.25, 0.3) is 0 Å². The Bertz CT molecular complexity index is 162. The molecule has 0 heterocycles. The summed E-state index contributed by atoms with van der Waals surface area (Å²) in [6, 6.07) is 0. The second-order valence-electron chi connectivity index (χ2n) is 4.30. The zero-order chi connectivity index (χ0) is 9.03. The lowest BCUT2D eigenvalue weighted by Crippen LogP contribution is -2.25. The first kappa shape index (κ1) is 9.79. The predicted molar refractivity (Wildman–Crippen MR) is 52.0 cm³/mol. The van der Waals surface area contributed by atoms with E-state index in [4.69, 9.17) is 5.11 Å². The van der Waals surface area contributed by atoms with Crippen LogP contribution in [0, 0.1) is 11.3 Å². The Labute approximate surface area is 75.5 Å². The zero-order valence-electron chi connectivity index (χ0n) is 8.21. The molecule has 1 N–H and O–H groups in total. The number of rotatable bonds is 2. The van der Waals surface area contributed by atoms with Gasteiger partial charge in [0, 0.05) is 6.61 Å². The van der Waals surface area contributed by atoms with Gasteiger partial charge in [0.2, 0.25) is 0 Å². The van der Waals surface area contributed by atoms with Crippen LogP contribution in [0.1, 0.15) is 39.5 Å². The molecule has 1 aliphatic rings. The van der Waals surface area contributed by atoms with Crippen LogP contribution in [0.3, 0.4) is 0 Å². The van der Waals surface area contributed by atoms with Crippen molar-refractivity contribution in [3.8, 4) is 0 Å². The highest BCUT2D eigenvalue weighted by Gasteiger charge is 2.28. The van der Waals surface area contributed by atoms with Crippen LogP contribution < -0.4 is 0 Å². The third-order valence-electron chi connectivity index (χ3n) is 2.94. The molecule has 2 unspecified atom stereocenters. The molecule has 70 valence electrons. The van der Waals surface area contributed by atoms with Crippen LogP contribution in [0.5, 0.6) is 0 Å². The van der Waals surface area contributed by atoms with E-state index in [0.717, 1.165) is 6.42 Å². The van der Waals surface area contributed by atoms with Gasteiger partial charge in [0.05, 0.1) is 0 Å². The van der Waals surface area contributed by atoms with Crippen LogP contribution in [0.2, 0.25) is 0 Å². The third-order valence-corrected chi connectivity index (χ3v) is 2.94. The molecule has 0 aromatic carbocycles. The SMILES string of the molecule is C/C=C\C1(C)CCCC(CO)C1. The molecule has 0 aliphatic heterocycles. The lowest BCUT2D eigenvalue weighted by atomic mass is 9.71. The van der Waals surface area contributed by atoms with Crippen molar-refractivity contribution in [2.75, 3.05) is 6.61 Å². The number of aliphatic hydroxyl groups excluding tert-OH is 1. The summed E-state index contributed by atoms with van der Waals surface area (Å²) in [7, 11) is 0. The molecule has 0 amide bonds. The largest absolute Gasteiger partial charge is 0.396 e. The van der Waals surface area contributed by atoms with Crippen molar-refractivity contribution < 1.29 is 5.11 Å². The van der Waals surface area contributed by atoms with E-state index in [-0.39, 0.29) is 0 Å². The molecule has 1 nitrogen and oxygen atoms in total. The molecule has 0 bridgehead atoms. The number of hydrogen-bond acceptors (Lipinski definition) is 1. The minimum absolute atomic E-state index is 0.362. The fourth-order valence-corrected chi connectivity index (χ4v) is 2.37. The first-order valence-electron chi connectivity index (χ1n) is 4.95. The maximum Gasteiger partial charge on any atom is 0.0459 e. The molecule has 0 radical (unpaired) electrons. The molecule has 1 saturated carbocycles. The highest BCUT2D eigenvalue weighted by atomic mass is 16.3. The minimum atomic E-state index is 0.362. The quantitative estimate of drug-likeness (QED) is 0.629. The van der Waals surface area contributed by atoms with Gasteiger partial charge in [-0.3, -0.25) is 0 Å². The van der Waals surface area contributed by atoms with E-state index >= 15 is 0 Å². The van der Waals surface area contributed by atoms with E-state index in [1.54, 1.807) is 0 Å². The molecule has 12 heavy (non-hydrogen) atoms. The van der Waals surface area contributed by atoms with Crippen LogP contribution >= 0.6 is 0 Å². The Kier molecular flexibility index (Phi) is 3.33. The number of aliphatic hydroxyl groups is 1.